The molecule has 0 amide bonds. The standard InChI is InChI=1S/C36H34O6/c37-33-29-11-5-6-12-30(29)36(42-33,21-13-17-23(18-14-21)40-34(38)31-25-7-1-2-8-26(25)31)22-15-19-24(20-16-22)41-35(39)32-27-9-3-4-10-28(27)32/h5-6,11-20,25-28,31-32H,1-4,7-10H2/t25-,26+,27-,28+,31?,32?,36?. The van der Waals surface area contributed by atoms with Crippen LogP contribution < -0.4 is 9.47 Å². The van der Waals surface area contributed by atoms with Gasteiger partial charge in [-0.2, -0.15) is 0 Å². The number of hydrogen-bond donors (Lipinski definition) is 0. The van der Waals surface area contributed by atoms with E-state index in [1.54, 1.807) is 30.3 Å². The molecule has 0 aromatic heterocycles. The van der Waals surface area contributed by atoms with Crippen molar-refractivity contribution in [1.29, 1.82) is 0 Å². The highest BCUT2D eigenvalue weighted by Crippen LogP contribution is 2.57. The monoisotopic (exact) mass is 562 g/mol. The van der Waals surface area contributed by atoms with Gasteiger partial charge in [0, 0.05) is 16.7 Å². The molecule has 4 fully saturated rings. The quantitative estimate of drug-likeness (QED) is 0.242. The number of hydrogen-bond acceptors (Lipinski definition) is 6. The Morgan fingerprint density at radius 3 is 1.50 bits per heavy atom. The van der Waals surface area contributed by atoms with Crippen LogP contribution >= 0.6 is 0 Å². The van der Waals surface area contributed by atoms with Crippen molar-refractivity contribution in [2.24, 2.45) is 35.5 Å². The van der Waals surface area contributed by atoms with Gasteiger partial charge in [0.2, 0.25) is 0 Å². The molecule has 0 saturated heterocycles. The van der Waals surface area contributed by atoms with Crippen LogP contribution in [0.4, 0.5) is 0 Å². The molecule has 4 saturated carbocycles. The van der Waals surface area contributed by atoms with Crippen LogP contribution in [-0.4, -0.2) is 17.9 Å². The lowest BCUT2D eigenvalue weighted by Gasteiger charge is -2.30. The van der Waals surface area contributed by atoms with Crippen LogP contribution in [0.2, 0.25) is 0 Å². The van der Waals surface area contributed by atoms with Crippen molar-refractivity contribution in [3.63, 3.8) is 0 Å². The number of ether oxygens (including phenoxy) is 3. The molecule has 2 unspecified atom stereocenters. The number of carbonyl (C=O) groups is 3. The van der Waals surface area contributed by atoms with Gasteiger partial charge in [0.15, 0.2) is 5.60 Å². The first kappa shape index (κ1) is 25.8. The highest BCUT2D eigenvalue weighted by atomic mass is 16.6. The van der Waals surface area contributed by atoms with Crippen LogP contribution in [0.25, 0.3) is 0 Å². The zero-order valence-corrected chi connectivity index (χ0v) is 23.5. The Labute approximate surface area is 245 Å². The fraction of sp³-hybridized carbons (Fsp3) is 0.417. The fourth-order valence-electron chi connectivity index (χ4n) is 8.38. The highest BCUT2D eigenvalue weighted by molar-refractivity contribution is 5.96. The van der Waals surface area contributed by atoms with Gasteiger partial charge >= 0.3 is 17.9 Å². The maximum Gasteiger partial charge on any atom is 0.340 e. The summed E-state index contributed by atoms with van der Waals surface area (Å²) in [5, 5.41) is 0. The van der Waals surface area contributed by atoms with Crippen LogP contribution in [-0.2, 0) is 19.9 Å². The summed E-state index contributed by atoms with van der Waals surface area (Å²) in [5.74, 6) is 2.30. The molecule has 42 heavy (non-hydrogen) atoms. The molecule has 4 aliphatic carbocycles. The molecule has 6 atom stereocenters. The van der Waals surface area contributed by atoms with Crippen molar-refractivity contribution in [1.82, 2.24) is 0 Å². The molecule has 6 nitrogen and oxygen atoms in total. The second-order valence-corrected chi connectivity index (χ2v) is 12.8. The molecule has 0 N–H and O–H groups in total. The number of benzene rings is 3. The summed E-state index contributed by atoms with van der Waals surface area (Å²) in [6.45, 7) is 0. The summed E-state index contributed by atoms with van der Waals surface area (Å²) in [5.41, 5.74) is 1.56. The Morgan fingerprint density at radius 2 is 1.05 bits per heavy atom. The van der Waals surface area contributed by atoms with Crippen LogP contribution in [0, 0.1) is 35.5 Å². The smallest absolute Gasteiger partial charge is 0.340 e. The molecule has 6 heteroatoms. The Hall–Kier alpha value is -3.93. The maximum absolute atomic E-state index is 13.1. The number of fused-ring (bicyclic) bond motifs is 3. The number of esters is 3. The minimum Gasteiger partial charge on any atom is -0.441 e. The lowest BCUT2D eigenvalue weighted by molar-refractivity contribution is -0.137. The van der Waals surface area contributed by atoms with Crippen molar-refractivity contribution >= 4 is 17.9 Å². The van der Waals surface area contributed by atoms with E-state index >= 15 is 0 Å². The van der Waals surface area contributed by atoms with Crippen LogP contribution in [0.3, 0.4) is 0 Å². The molecule has 5 aliphatic rings. The summed E-state index contributed by atoms with van der Waals surface area (Å²) >= 11 is 0. The van der Waals surface area contributed by atoms with Crippen LogP contribution in [0.5, 0.6) is 11.5 Å². The van der Waals surface area contributed by atoms with Crippen LogP contribution in [0.1, 0.15) is 78.4 Å². The van der Waals surface area contributed by atoms with Crippen LogP contribution in [0.15, 0.2) is 72.8 Å². The first-order chi connectivity index (χ1) is 20.5. The van der Waals surface area contributed by atoms with Crippen molar-refractivity contribution in [2.75, 3.05) is 0 Å². The van der Waals surface area contributed by atoms with Gasteiger partial charge < -0.3 is 14.2 Å². The van der Waals surface area contributed by atoms with E-state index in [0.29, 0.717) is 40.7 Å². The lowest BCUT2D eigenvalue weighted by Crippen LogP contribution is -2.29. The zero-order valence-electron chi connectivity index (χ0n) is 23.5. The summed E-state index contributed by atoms with van der Waals surface area (Å²) in [4.78, 5) is 38.8. The predicted octanol–water partition coefficient (Wildman–Crippen LogP) is 6.83. The van der Waals surface area contributed by atoms with Gasteiger partial charge in [0.25, 0.3) is 0 Å². The Morgan fingerprint density at radius 1 is 0.619 bits per heavy atom. The molecule has 8 rings (SSSR count). The van der Waals surface area contributed by atoms with Crippen molar-refractivity contribution in [3.8, 4) is 11.5 Å². The molecule has 214 valence electrons. The van der Waals surface area contributed by atoms with Gasteiger partial charge in [-0.25, -0.2) is 4.79 Å². The molecule has 1 aliphatic heterocycles. The van der Waals surface area contributed by atoms with E-state index in [1.807, 2.05) is 42.5 Å². The maximum atomic E-state index is 13.1. The summed E-state index contributed by atoms with van der Waals surface area (Å²) in [7, 11) is 0. The summed E-state index contributed by atoms with van der Waals surface area (Å²) in [6.07, 6.45) is 9.29. The third-order valence-corrected chi connectivity index (χ3v) is 10.6. The Balaban J connectivity index is 1.06. The fourth-order valence-corrected chi connectivity index (χ4v) is 8.38. The van der Waals surface area contributed by atoms with Gasteiger partial charge in [0.05, 0.1) is 17.4 Å². The summed E-state index contributed by atoms with van der Waals surface area (Å²) in [6, 6.07) is 22.0. The second-order valence-electron chi connectivity index (χ2n) is 12.8. The van der Waals surface area contributed by atoms with Crippen molar-refractivity contribution < 1.29 is 28.6 Å². The molecule has 3 aromatic carbocycles. The third-order valence-electron chi connectivity index (χ3n) is 10.6. The average Bonchev–Trinajstić information content (AvgIpc) is 3.92. The third kappa shape index (κ3) is 4.10. The van der Waals surface area contributed by atoms with Gasteiger partial charge in [-0.05, 0) is 79.7 Å². The normalized spacial score (nSPS) is 32.0. The second kappa shape index (κ2) is 9.82. The molecular weight excluding hydrogens is 528 g/mol. The summed E-state index contributed by atoms with van der Waals surface area (Å²) < 4.78 is 17.8. The number of cyclic esters (lactones) is 1. The van der Waals surface area contributed by atoms with Crippen molar-refractivity contribution in [3.05, 3.63) is 95.1 Å². The van der Waals surface area contributed by atoms with Crippen molar-refractivity contribution in [2.45, 2.75) is 57.0 Å². The van der Waals surface area contributed by atoms with E-state index in [4.69, 9.17) is 14.2 Å². The largest absolute Gasteiger partial charge is 0.441 e. The lowest BCUT2D eigenvalue weighted by atomic mass is 9.80. The molecular formula is C36H34O6. The average molecular weight is 563 g/mol. The molecule has 0 spiro atoms. The first-order valence-electron chi connectivity index (χ1n) is 15.5. The van der Waals surface area contributed by atoms with E-state index in [9.17, 15) is 14.4 Å². The van der Waals surface area contributed by atoms with Gasteiger partial charge in [-0.3, -0.25) is 9.59 Å². The van der Waals surface area contributed by atoms with Gasteiger partial charge in [-0.1, -0.05) is 68.1 Å². The van der Waals surface area contributed by atoms with E-state index < -0.39 is 11.6 Å². The topological polar surface area (TPSA) is 78.9 Å². The molecule has 1 heterocycles. The molecule has 3 aromatic rings. The Bertz CT molecular complexity index is 1450. The number of carbonyl (C=O) groups excluding carboxylic acids is 3. The SMILES string of the molecule is O=C1OC(c2ccc(OC(=O)C3[C@H]4CCCC[C@@H]34)cc2)(c2ccc(OC(=O)C3[C@H]4CCCC[C@@H]34)cc2)c2ccccc21. The van der Waals surface area contributed by atoms with E-state index in [0.717, 1.165) is 42.4 Å². The Kier molecular flexibility index (Phi) is 6.02. The minimum atomic E-state index is -1.18. The van der Waals surface area contributed by atoms with E-state index in [1.165, 1.54) is 25.7 Å². The van der Waals surface area contributed by atoms with E-state index in [-0.39, 0.29) is 23.8 Å². The van der Waals surface area contributed by atoms with E-state index in [2.05, 4.69) is 0 Å². The highest BCUT2D eigenvalue weighted by Gasteiger charge is 2.57. The minimum absolute atomic E-state index is 0.0257. The zero-order chi connectivity index (χ0) is 28.4. The van der Waals surface area contributed by atoms with Gasteiger partial charge in [-0.15, -0.1) is 0 Å². The molecule has 0 radical (unpaired) electrons. The number of rotatable bonds is 6. The van der Waals surface area contributed by atoms with Gasteiger partial charge in [0.1, 0.15) is 11.5 Å². The first-order valence-corrected chi connectivity index (χ1v) is 15.5. The predicted molar refractivity (Wildman–Crippen MR) is 154 cm³/mol. The molecule has 0 bridgehead atoms.